The van der Waals surface area contributed by atoms with Gasteiger partial charge in [-0.1, -0.05) is 44.2 Å². The van der Waals surface area contributed by atoms with Gasteiger partial charge in [0.25, 0.3) is 0 Å². The second kappa shape index (κ2) is 7.98. The predicted molar refractivity (Wildman–Crippen MR) is 70.6 cm³/mol. The van der Waals surface area contributed by atoms with Crippen molar-refractivity contribution in [1.82, 2.24) is 0 Å². The molecule has 0 saturated heterocycles. The summed E-state index contributed by atoms with van der Waals surface area (Å²) in [6, 6.07) is 8.33. The van der Waals surface area contributed by atoms with Gasteiger partial charge in [0.15, 0.2) is 0 Å². The molecular weight excluding hydrogens is 182 g/mol. The first-order chi connectivity index (χ1) is 7.29. The van der Waals surface area contributed by atoms with Gasteiger partial charge < -0.3 is 0 Å². The van der Waals surface area contributed by atoms with E-state index in [2.05, 4.69) is 42.3 Å². The third-order valence-electron chi connectivity index (χ3n) is 2.04. The monoisotopic (exact) mass is 203 g/mol. The molecule has 0 radical (unpaired) electrons. The summed E-state index contributed by atoms with van der Waals surface area (Å²) >= 11 is 0. The molecule has 0 atom stereocenters. The van der Waals surface area contributed by atoms with Gasteiger partial charge in [0.2, 0.25) is 0 Å². The van der Waals surface area contributed by atoms with Crippen LogP contribution >= 0.6 is 0 Å². The van der Waals surface area contributed by atoms with Crippen molar-refractivity contribution >= 4 is 11.8 Å². The maximum Gasteiger partial charge on any atom is 0.0284 e. The zero-order valence-corrected chi connectivity index (χ0v) is 10.4. The SMILES string of the molecule is C/C=C(/C=NC)c1ccccc1C.CC. The van der Waals surface area contributed by atoms with Gasteiger partial charge in [-0.15, -0.1) is 0 Å². The van der Waals surface area contributed by atoms with Crippen LogP contribution in [0.1, 0.15) is 31.9 Å². The number of allylic oxidation sites excluding steroid dienone is 2. The molecule has 0 aromatic heterocycles. The van der Waals surface area contributed by atoms with Crippen molar-refractivity contribution < 1.29 is 0 Å². The van der Waals surface area contributed by atoms with E-state index in [4.69, 9.17) is 0 Å². The van der Waals surface area contributed by atoms with Gasteiger partial charge in [0.05, 0.1) is 0 Å². The Hall–Kier alpha value is -1.37. The van der Waals surface area contributed by atoms with Crippen LogP contribution in [0.5, 0.6) is 0 Å². The molecule has 0 fully saturated rings. The van der Waals surface area contributed by atoms with Gasteiger partial charge in [-0.05, 0) is 30.5 Å². The second-order valence-electron chi connectivity index (χ2n) is 2.95. The smallest absolute Gasteiger partial charge is 0.0284 e. The van der Waals surface area contributed by atoms with Crippen molar-refractivity contribution in [2.24, 2.45) is 4.99 Å². The van der Waals surface area contributed by atoms with Crippen molar-refractivity contribution in [2.45, 2.75) is 27.7 Å². The second-order valence-corrected chi connectivity index (χ2v) is 2.95. The Bertz CT molecular complexity index is 335. The molecule has 0 N–H and O–H groups in total. The summed E-state index contributed by atoms with van der Waals surface area (Å²) in [5.41, 5.74) is 3.73. The topological polar surface area (TPSA) is 12.4 Å². The molecule has 0 bridgehead atoms. The lowest BCUT2D eigenvalue weighted by Crippen LogP contribution is -1.89. The molecule has 1 heteroatoms. The summed E-state index contributed by atoms with van der Waals surface area (Å²) in [6.07, 6.45) is 3.97. The molecule has 1 rings (SSSR count). The first-order valence-electron chi connectivity index (χ1n) is 5.44. The number of rotatable bonds is 2. The van der Waals surface area contributed by atoms with Gasteiger partial charge in [-0.3, -0.25) is 4.99 Å². The number of nitrogens with zero attached hydrogens (tertiary/aromatic N) is 1. The fourth-order valence-corrected chi connectivity index (χ4v) is 1.34. The minimum Gasteiger partial charge on any atom is -0.296 e. The van der Waals surface area contributed by atoms with E-state index in [0.29, 0.717) is 0 Å². The zero-order valence-electron chi connectivity index (χ0n) is 10.4. The van der Waals surface area contributed by atoms with E-state index in [9.17, 15) is 0 Å². The fraction of sp³-hybridized carbons (Fsp3) is 0.357. The lowest BCUT2D eigenvalue weighted by atomic mass is 10.0. The van der Waals surface area contributed by atoms with E-state index in [-0.39, 0.29) is 0 Å². The molecule has 0 heterocycles. The van der Waals surface area contributed by atoms with Gasteiger partial charge in [-0.25, -0.2) is 0 Å². The molecule has 82 valence electrons. The minimum atomic E-state index is 1.18. The first-order valence-corrected chi connectivity index (χ1v) is 5.44. The van der Waals surface area contributed by atoms with Crippen LogP contribution in [0.3, 0.4) is 0 Å². The molecule has 1 nitrogen and oxygen atoms in total. The molecule has 0 unspecified atom stereocenters. The van der Waals surface area contributed by atoms with Crippen molar-refractivity contribution in [1.29, 1.82) is 0 Å². The average molecular weight is 203 g/mol. The van der Waals surface area contributed by atoms with Gasteiger partial charge in [0, 0.05) is 13.3 Å². The van der Waals surface area contributed by atoms with E-state index in [1.807, 2.05) is 27.0 Å². The van der Waals surface area contributed by atoms with E-state index in [1.165, 1.54) is 16.7 Å². The highest BCUT2D eigenvalue weighted by atomic mass is 14.6. The molecule has 1 aromatic carbocycles. The van der Waals surface area contributed by atoms with Crippen LogP contribution in [0.4, 0.5) is 0 Å². The third kappa shape index (κ3) is 4.11. The summed E-state index contributed by atoms with van der Waals surface area (Å²) in [5.74, 6) is 0. The van der Waals surface area contributed by atoms with E-state index >= 15 is 0 Å². The van der Waals surface area contributed by atoms with Crippen molar-refractivity contribution in [2.75, 3.05) is 7.05 Å². The van der Waals surface area contributed by atoms with Crippen molar-refractivity contribution in [3.05, 3.63) is 41.5 Å². The molecular formula is C14H21N. The Kier molecular flexibility index (Phi) is 7.25. The maximum absolute atomic E-state index is 4.03. The van der Waals surface area contributed by atoms with Crippen LogP contribution in [-0.2, 0) is 0 Å². The largest absolute Gasteiger partial charge is 0.296 e. The Labute approximate surface area is 93.6 Å². The summed E-state index contributed by atoms with van der Waals surface area (Å²) in [6.45, 7) is 8.14. The Morgan fingerprint density at radius 2 is 1.80 bits per heavy atom. The molecule has 0 aliphatic heterocycles. The van der Waals surface area contributed by atoms with Crippen LogP contribution < -0.4 is 0 Å². The van der Waals surface area contributed by atoms with Crippen molar-refractivity contribution in [3.8, 4) is 0 Å². The van der Waals surface area contributed by atoms with E-state index in [0.717, 1.165) is 0 Å². The summed E-state index contributed by atoms with van der Waals surface area (Å²) in [7, 11) is 1.79. The molecule has 0 aliphatic rings. The number of aliphatic imine (C=N–C) groups is 1. The summed E-state index contributed by atoms with van der Waals surface area (Å²) < 4.78 is 0. The maximum atomic E-state index is 4.03. The molecule has 0 spiro atoms. The Morgan fingerprint density at radius 1 is 1.20 bits per heavy atom. The minimum absolute atomic E-state index is 1.18. The van der Waals surface area contributed by atoms with Gasteiger partial charge in [0.1, 0.15) is 0 Å². The quantitative estimate of drug-likeness (QED) is 0.641. The van der Waals surface area contributed by atoms with Gasteiger partial charge >= 0.3 is 0 Å². The Morgan fingerprint density at radius 3 is 2.27 bits per heavy atom. The highest BCUT2D eigenvalue weighted by Crippen LogP contribution is 2.16. The van der Waals surface area contributed by atoms with E-state index < -0.39 is 0 Å². The Balaban J connectivity index is 0.000000921. The predicted octanol–water partition coefficient (Wildman–Crippen LogP) is 4.13. The zero-order chi connectivity index (χ0) is 11.7. The standard InChI is InChI=1S/C12H15N.C2H6/c1-4-11(9-13-3)12-8-6-5-7-10(12)2;1-2/h4-9H,1-3H3;1-2H3/b11-4-,13-9?;. The first kappa shape index (κ1) is 13.6. The molecule has 15 heavy (non-hydrogen) atoms. The number of hydrogen-bond acceptors (Lipinski definition) is 1. The highest BCUT2D eigenvalue weighted by molar-refractivity contribution is 6.10. The number of benzene rings is 1. The lowest BCUT2D eigenvalue weighted by Gasteiger charge is -2.04. The van der Waals surface area contributed by atoms with Gasteiger partial charge in [-0.2, -0.15) is 0 Å². The van der Waals surface area contributed by atoms with Crippen LogP contribution in [0, 0.1) is 6.92 Å². The van der Waals surface area contributed by atoms with Crippen LogP contribution in [0.15, 0.2) is 35.3 Å². The summed E-state index contributed by atoms with van der Waals surface area (Å²) in [4.78, 5) is 4.03. The fourth-order valence-electron chi connectivity index (χ4n) is 1.34. The average Bonchev–Trinajstić information content (AvgIpc) is 2.30. The number of hydrogen-bond donors (Lipinski definition) is 0. The highest BCUT2D eigenvalue weighted by Gasteiger charge is 1.99. The molecule has 0 saturated carbocycles. The van der Waals surface area contributed by atoms with Crippen LogP contribution in [0.2, 0.25) is 0 Å². The normalized spacial score (nSPS) is 11.1. The molecule has 0 aliphatic carbocycles. The van der Waals surface area contributed by atoms with Crippen molar-refractivity contribution in [3.63, 3.8) is 0 Å². The summed E-state index contributed by atoms with van der Waals surface area (Å²) in [5, 5.41) is 0. The van der Waals surface area contributed by atoms with Crippen LogP contribution in [0.25, 0.3) is 5.57 Å². The third-order valence-corrected chi connectivity index (χ3v) is 2.04. The molecule has 1 aromatic rings. The van der Waals surface area contributed by atoms with Crippen LogP contribution in [-0.4, -0.2) is 13.3 Å². The number of aryl methyl sites for hydroxylation is 1. The lowest BCUT2D eigenvalue weighted by molar-refractivity contribution is 1.42. The van der Waals surface area contributed by atoms with E-state index in [1.54, 1.807) is 7.05 Å². The molecule has 0 amide bonds.